The molecule has 14 heavy (non-hydrogen) atoms. The van der Waals surface area contributed by atoms with Crippen LogP contribution in [-0.4, -0.2) is 35.7 Å². The number of ether oxygens (including phenoxy) is 1. The molecule has 5 nitrogen and oxygen atoms in total. The van der Waals surface area contributed by atoms with E-state index in [1.807, 2.05) is 0 Å². The first kappa shape index (κ1) is 12.6. The number of hydrogen-bond acceptors (Lipinski definition) is 3. The minimum Gasteiger partial charge on any atom is -0.480 e. The van der Waals surface area contributed by atoms with Crippen molar-refractivity contribution in [3.05, 3.63) is 12.7 Å². The van der Waals surface area contributed by atoms with E-state index in [2.05, 4.69) is 11.9 Å². The Kier molecular flexibility index (Phi) is 5.55. The summed E-state index contributed by atoms with van der Waals surface area (Å²) >= 11 is 0. The summed E-state index contributed by atoms with van der Waals surface area (Å²) in [7, 11) is 0. The second-order valence-electron chi connectivity index (χ2n) is 2.83. The fourth-order valence-corrected chi connectivity index (χ4v) is 0.681. The van der Waals surface area contributed by atoms with Gasteiger partial charge in [-0.15, -0.1) is 6.58 Å². The molecule has 0 saturated carbocycles. The predicted octanol–water partition coefficient (Wildman–Crippen LogP) is 0.167. The Morgan fingerprint density at radius 3 is 2.57 bits per heavy atom. The first-order valence-electron chi connectivity index (χ1n) is 4.24. The van der Waals surface area contributed by atoms with E-state index in [0.29, 0.717) is 0 Å². The molecule has 0 spiro atoms. The van der Waals surface area contributed by atoms with Crippen LogP contribution < -0.4 is 5.32 Å². The number of rotatable bonds is 6. The van der Waals surface area contributed by atoms with Crippen molar-refractivity contribution < 1.29 is 19.4 Å². The molecule has 0 saturated heterocycles. The van der Waals surface area contributed by atoms with Crippen molar-refractivity contribution in [3.63, 3.8) is 0 Å². The van der Waals surface area contributed by atoms with E-state index in [9.17, 15) is 9.59 Å². The van der Waals surface area contributed by atoms with Gasteiger partial charge < -0.3 is 15.2 Å². The van der Waals surface area contributed by atoms with Gasteiger partial charge in [0.2, 0.25) is 5.91 Å². The summed E-state index contributed by atoms with van der Waals surface area (Å²) in [5.74, 6) is -1.52. The van der Waals surface area contributed by atoms with E-state index in [1.54, 1.807) is 6.92 Å². The lowest BCUT2D eigenvalue weighted by molar-refractivity contribution is -0.143. The van der Waals surface area contributed by atoms with Crippen molar-refractivity contribution in [3.8, 4) is 0 Å². The van der Waals surface area contributed by atoms with Crippen LogP contribution in [0.1, 0.15) is 13.8 Å². The zero-order valence-corrected chi connectivity index (χ0v) is 8.32. The van der Waals surface area contributed by atoms with Gasteiger partial charge in [0.1, 0.15) is 12.1 Å². The monoisotopic (exact) mass is 201 g/mol. The minimum atomic E-state index is -1.07. The smallest absolute Gasteiger partial charge is 0.325 e. The zero-order chi connectivity index (χ0) is 11.1. The molecule has 0 aromatic heterocycles. The van der Waals surface area contributed by atoms with Crippen LogP contribution in [0.3, 0.4) is 0 Å². The number of hydrogen-bond donors (Lipinski definition) is 2. The molecule has 0 aromatic carbocycles. The molecule has 0 radical (unpaired) electrons. The summed E-state index contributed by atoms with van der Waals surface area (Å²) in [6.45, 7) is 6.63. The number of amides is 1. The summed E-state index contributed by atoms with van der Waals surface area (Å²) in [6, 6.07) is -0.905. The largest absolute Gasteiger partial charge is 0.480 e. The quantitative estimate of drug-likeness (QED) is 0.600. The maximum atomic E-state index is 11.2. The van der Waals surface area contributed by atoms with Crippen molar-refractivity contribution in [2.75, 3.05) is 6.61 Å². The van der Waals surface area contributed by atoms with Crippen LogP contribution in [0.5, 0.6) is 0 Å². The Bertz CT molecular complexity index is 227. The Morgan fingerprint density at radius 2 is 2.14 bits per heavy atom. The third-order valence-electron chi connectivity index (χ3n) is 1.56. The van der Waals surface area contributed by atoms with Crippen LogP contribution in [0.2, 0.25) is 0 Å². The number of carboxylic acid groups (broad SMARTS) is 1. The van der Waals surface area contributed by atoms with Gasteiger partial charge in [-0.2, -0.15) is 0 Å². The number of aliphatic carboxylic acids is 1. The molecule has 1 unspecified atom stereocenters. The third-order valence-corrected chi connectivity index (χ3v) is 1.56. The van der Waals surface area contributed by atoms with Crippen molar-refractivity contribution >= 4 is 11.9 Å². The highest BCUT2D eigenvalue weighted by Crippen LogP contribution is 1.92. The van der Waals surface area contributed by atoms with Gasteiger partial charge in [-0.3, -0.25) is 9.59 Å². The summed E-state index contributed by atoms with van der Waals surface area (Å²) in [4.78, 5) is 21.6. The minimum absolute atomic E-state index is 0.260. The van der Waals surface area contributed by atoms with Crippen LogP contribution in [0, 0.1) is 0 Å². The lowest BCUT2D eigenvalue weighted by atomic mass is 10.3. The number of carbonyl (C=O) groups excluding carboxylic acids is 1. The molecular weight excluding hydrogens is 186 g/mol. The standard InChI is InChI=1S/C9H15NO4/c1-4-5-14-7(3)8(11)10-6(2)9(12)13/h4,6-7H,1,5H2,2-3H3,(H,10,11)(H,12,13)/t6-,7?/m0/s1. The molecule has 0 aliphatic heterocycles. The summed E-state index contributed by atoms with van der Waals surface area (Å²) in [5, 5.41) is 10.8. The summed E-state index contributed by atoms with van der Waals surface area (Å²) in [5.41, 5.74) is 0. The zero-order valence-electron chi connectivity index (χ0n) is 8.32. The summed E-state index contributed by atoms with van der Waals surface area (Å²) in [6.07, 6.45) is 0.847. The summed E-state index contributed by atoms with van der Waals surface area (Å²) < 4.78 is 5.01. The van der Waals surface area contributed by atoms with Gasteiger partial charge in [0, 0.05) is 0 Å². The van der Waals surface area contributed by atoms with Gasteiger partial charge in [-0.05, 0) is 13.8 Å². The maximum Gasteiger partial charge on any atom is 0.325 e. The fourth-order valence-electron chi connectivity index (χ4n) is 0.681. The third kappa shape index (κ3) is 4.61. The second kappa shape index (κ2) is 6.15. The van der Waals surface area contributed by atoms with Gasteiger partial charge in [0.25, 0.3) is 0 Å². The van der Waals surface area contributed by atoms with Crippen LogP contribution >= 0.6 is 0 Å². The topological polar surface area (TPSA) is 75.6 Å². The SMILES string of the molecule is C=CCOC(C)C(=O)N[C@@H](C)C(=O)O. The second-order valence-corrected chi connectivity index (χ2v) is 2.83. The van der Waals surface area contributed by atoms with Gasteiger partial charge >= 0.3 is 5.97 Å². The molecular formula is C9H15NO4. The molecule has 0 bridgehead atoms. The molecule has 0 heterocycles. The lowest BCUT2D eigenvalue weighted by Crippen LogP contribution is -2.43. The fraction of sp³-hybridized carbons (Fsp3) is 0.556. The number of carbonyl (C=O) groups is 2. The molecule has 0 fully saturated rings. The van der Waals surface area contributed by atoms with Crippen LogP contribution in [0.15, 0.2) is 12.7 Å². The maximum absolute atomic E-state index is 11.2. The molecule has 0 aliphatic carbocycles. The highest BCUT2D eigenvalue weighted by Gasteiger charge is 2.18. The van der Waals surface area contributed by atoms with Gasteiger partial charge in [0.15, 0.2) is 0 Å². The molecule has 0 aliphatic rings. The highest BCUT2D eigenvalue weighted by molar-refractivity contribution is 5.85. The van der Waals surface area contributed by atoms with E-state index in [1.165, 1.54) is 13.0 Å². The van der Waals surface area contributed by atoms with Crippen LogP contribution in [0.25, 0.3) is 0 Å². The molecule has 1 amide bonds. The van der Waals surface area contributed by atoms with Crippen molar-refractivity contribution in [2.24, 2.45) is 0 Å². The Balaban J connectivity index is 3.94. The van der Waals surface area contributed by atoms with E-state index >= 15 is 0 Å². The molecule has 0 rings (SSSR count). The predicted molar refractivity (Wildman–Crippen MR) is 50.9 cm³/mol. The first-order valence-corrected chi connectivity index (χ1v) is 4.24. The highest BCUT2D eigenvalue weighted by atomic mass is 16.5. The average Bonchev–Trinajstić information content (AvgIpc) is 2.13. The van der Waals surface area contributed by atoms with Gasteiger partial charge in [0.05, 0.1) is 6.61 Å². The molecule has 2 N–H and O–H groups in total. The van der Waals surface area contributed by atoms with Crippen LogP contribution in [-0.2, 0) is 14.3 Å². The first-order chi connectivity index (χ1) is 6.49. The van der Waals surface area contributed by atoms with E-state index < -0.39 is 24.0 Å². The van der Waals surface area contributed by atoms with E-state index in [0.717, 1.165) is 0 Å². The number of carboxylic acids is 1. The Labute approximate surface area is 82.7 Å². The normalized spacial score (nSPS) is 14.1. The molecule has 5 heteroatoms. The van der Waals surface area contributed by atoms with E-state index in [4.69, 9.17) is 9.84 Å². The van der Waals surface area contributed by atoms with Crippen molar-refractivity contribution in [1.29, 1.82) is 0 Å². The molecule has 2 atom stereocenters. The lowest BCUT2D eigenvalue weighted by Gasteiger charge is -2.14. The van der Waals surface area contributed by atoms with Gasteiger partial charge in [-0.25, -0.2) is 0 Å². The average molecular weight is 201 g/mol. The molecule has 80 valence electrons. The van der Waals surface area contributed by atoms with Gasteiger partial charge in [-0.1, -0.05) is 6.08 Å². The Hall–Kier alpha value is -1.36. The van der Waals surface area contributed by atoms with Crippen LogP contribution in [0.4, 0.5) is 0 Å². The molecule has 0 aromatic rings. The van der Waals surface area contributed by atoms with Crippen molar-refractivity contribution in [1.82, 2.24) is 5.32 Å². The number of nitrogens with one attached hydrogen (secondary N) is 1. The Morgan fingerprint density at radius 1 is 1.57 bits per heavy atom. The van der Waals surface area contributed by atoms with Crippen molar-refractivity contribution in [2.45, 2.75) is 26.0 Å². The van der Waals surface area contributed by atoms with E-state index in [-0.39, 0.29) is 6.61 Å².